The number of nitrogens with zero attached hydrogens (tertiary/aromatic N) is 1. The normalized spacial score (nSPS) is 17.0. The van der Waals surface area contributed by atoms with E-state index in [-0.39, 0.29) is 23.2 Å². The number of anilines is 1. The van der Waals surface area contributed by atoms with Gasteiger partial charge < -0.3 is 4.74 Å². The number of halogens is 1. The number of ether oxygens (including phenoxy) is 1. The number of benzene rings is 2. The first-order valence-electron chi connectivity index (χ1n) is 9.37. The van der Waals surface area contributed by atoms with E-state index in [9.17, 15) is 13.2 Å². The van der Waals surface area contributed by atoms with Crippen LogP contribution in [-0.4, -0.2) is 27.5 Å². The Hall–Kier alpha value is -2.05. The summed E-state index contributed by atoms with van der Waals surface area (Å²) in [5.74, 6) is -0.417. The monoisotopic (exact) mass is 421 g/mol. The van der Waals surface area contributed by atoms with Crippen molar-refractivity contribution in [3.63, 3.8) is 0 Å². The highest BCUT2D eigenvalue weighted by molar-refractivity contribution is 7.92. The molecule has 7 heteroatoms. The number of hydrogen-bond acceptors (Lipinski definition) is 4. The Bertz CT molecular complexity index is 957. The number of esters is 1. The van der Waals surface area contributed by atoms with Crippen molar-refractivity contribution in [1.29, 1.82) is 0 Å². The van der Waals surface area contributed by atoms with Crippen molar-refractivity contribution in [2.45, 2.75) is 43.9 Å². The fraction of sp³-hybridized carbons (Fsp3) is 0.381. The summed E-state index contributed by atoms with van der Waals surface area (Å²) in [5, 5.41) is 0.516. The van der Waals surface area contributed by atoms with Crippen LogP contribution in [0.3, 0.4) is 0 Å². The van der Waals surface area contributed by atoms with Crippen LogP contribution in [0.1, 0.15) is 43.2 Å². The third kappa shape index (κ3) is 4.33. The van der Waals surface area contributed by atoms with Crippen molar-refractivity contribution < 1.29 is 17.9 Å². The van der Waals surface area contributed by atoms with Gasteiger partial charge in [0.05, 0.1) is 23.6 Å². The van der Waals surface area contributed by atoms with Gasteiger partial charge in [-0.1, -0.05) is 29.3 Å². The van der Waals surface area contributed by atoms with E-state index in [0.29, 0.717) is 36.7 Å². The lowest BCUT2D eigenvalue weighted by Crippen LogP contribution is -2.31. The molecule has 28 heavy (non-hydrogen) atoms. The molecule has 0 aliphatic carbocycles. The third-order valence-electron chi connectivity index (χ3n) is 4.94. The maximum atomic E-state index is 13.3. The highest BCUT2D eigenvalue weighted by Gasteiger charge is 2.32. The van der Waals surface area contributed by atoms with Gasteiger partial charge >= 0.3 is 5.97 Å². The standard InChI is InChI=1S/C21H24ClNO4S/c1-3-27-21(24)13-16-5-4-12-23(20-11-8-17(22)14-19(16)20)28(25,26)18-9-6-15(2)7-10-18/h6-11,14,16H,3-5,12-13H2,1-2H3. The fourth-order valence-corrected chi connectivity index (χ4v) is 5.27. The smallest absolute Gasteiger partial charge is 0.306 e. The summed E-state index contributed by atoms with van der Waals surface area (Å²) in [7, 11) is -3.72. The fourth-order valence-electron chi connectivity index (χ4n) is 3.56. The van der Waals surface area contributed by atoms with Crippen LogP contribution in [0, 0.1) is 6.92 Å². The van der Waals surface area contributed by atoms with E-state index >= 15 is 0 Å². The van der Waals surface area contributed by atoms with Crippen LogP contribution < -0.4 is 4.31 Å². The second-order valence-electron chi connectivity index (χ2n) is 6.94. The first-order chi connectivity index (χ1) is 13.3. The molecule has 1 aliphatic rings. The minimum absolute atomic E-state index is 0.133. The molecular weight excluding hydrogens is 398 g/mol. The Labute approximate surface area is 171 Å². The minimum Gasteiger partial charge on any atom is -0.466 e. The Morgan fingerprint density at radius 3 is 2.61 bits per heavy atom. The largest absolute Gasteiger partial charge is 0.466 e. The average molecular weight is 422 g/mol. The van der Waals surface area contributed by atoms with E-state index in [1.165, 1.54) is 4.31 Å². The maximum Gasteiger partial charge on any atom is 0.306 e. The van der Waals surface area contributed by atoms with Crippen LogP contribution in [0.5, 0.6) is 0 Å². The lowest BCUT2D eigenvalue weighted by atomic mass is 9.91. The van der Waals surface area contributed by atoms with Crippen LogP contribution in [0.15, 0.2) is 47.4 Å². The van der Waals surface area contributed by atoms with Crippen LogP contribution >= 0.6 is 11.6 Å². The predicted octanol–water partition coefficient (Wildman–Crippen LogP) is 4.67. The summed E-state index contributed by atoms with van der Waals surface area (Å²) in [5.41, 5.74) is 2.35. The van der Waals surface area contributed by atoms with Gasteiger partial charge in [-0.25, -0.2) is 8.42 Å². The zero-order chi connectivity index (χ0) is 20.3. The summed E-state index contributed by atoms with van der Waals surface area (Å²) in [6.07, 6.45) is 1.53. The lowest BCUT2D eigenvalue weighted by molar-refractivity contribution is -0.143. The number of carbonyl (C=O) groups excluding carboxylic acids is 1. The molecular formula is C21H24ClNO4S. The van der Waals surface area contributed by atoms with Gasteiger partial charge in [-0.2, -0.15) is 0 Å². The molecule has 0 spiro atoms. The predicted molar refractivity (Wildman–Crippen MR) is 110 cm³/mol. The highest BCUT2D eigenvalue weighted by atomic mass is 35.5. The highest BCUT2D eigenvalue weighted by Crippen LogP contribution is 2.40. The van der Waals surface area contributed by atoms with E-state index in [1.807, 2.05) is 6.92 Å². The Morgan fingerprint density at radius 1 is 1.21 bits per heavy atom. The van der Waals surface area contributed by atoms with Gasteiger partial charge in [0.2, 0.25) is 0 Å². The second-order valence-corrected chi connectivity index (χ2v) is 9.24. The average Bonchev–Trinajstić information content (AvgIpc) is 2.82. The van der Waals surface area contributed by atoms with Gasteiger partial charge in [0.15, 0.2) is 0 Å². The quantitative estimate of drug-likeness (QED) is 0.658. The van der Waals surface area contributed by atoms with Crippen molar-refractivity contribution in [3.8, 4) is 0 Å². The summed E-state index contributed by atoms with van der Waals surface area (Å²) in [4.78, 5) is 12.3. The SMILES string of the molecule is CCOC(=O)CC1CCCN(S(=O)(=O)c2ccc(C)cc2)c2ccc(Cl)cc21. The molecule has 0 bridgehead atoms. The summed E-state index contributed by atoms with van der Waals surface area (Å²) >= 11 is 6.21. The third-order valence-corrected chi connectivity index (χ3v) is 7.00. The second kappa shape index (κ2) is 8.53. The van der Waals surface area contributed by atoms with Gasteiger partial charge in [0.25, 0.3) is 10.0 Å². The summed E-state index contributed by atoms with van der Waals surface area (Å²) in [6.45, 7) is 4.36. The number of sulfonamides is 1. The van der Waals surface area contributed by atoms with Crippen molar-refractivity contribution in [2.75, 3.05) is 17.5 Å². The summed E-state index contributed by atoms with van der Waals surface area (Å²) in [6, 6.07) is 12.0. The number of hydrogen-bond donors (Lipinski definition) is 0. The molecule has 2 aromatic carbocycles. The first-order valence-corrected chi connectivity index (χ1v) is 11.2. The van der Waals surface area contributed by atoms with Crippen LogP contribution in [0.2, 0.25) is 5.02 Å². The first kappa shape index (κ1) is 20.7. The van der Waals surface area contributed by atoms with E-state index in [0.717, 1.165) is 11.1 Å². The molecule has 0 fully saturated rings. The maximum absolute atomic E-state index is 13.3. The van der Waals surface area contributed by atoms with E-state index in [2.05, 4.69) is 0 Å². The minimum atomic E-state index is -3.72. The van der Waals surface area contributed by atoms with Gasteiger partial charge in [0.1, 0.15) is 0 Å². The molecule has 1 unspecified atom stereocenters. The number of rotatable bonds is 5. The van der Waals surface area contributed by atoms with Gasteiger partial charge in [-0.3, -0.25) is 9.10 Å². The van der Waals surface area contributed by atoms with Gasteiger partial charge in [-0.05, 0) is 68.5 Å². The molecule has 2 aromatic rings. The molecule has 3 rings (SSSR count). The molecule has 0 saturated heterocycles. The Balaban J connectivity index is 2.03. The molecule has 5 nitrogen and oxygen atoms in total. The number of aryl methyl sites for hydroxylation is 1. The van der Waals surface area contributed by atoms with E-state index in [1.54, 1.807) is 49.4 Å². The van der Waals surface area contributed by atoms with E-state index in [4.69, 9.17) is 16.3 Å². The van der Waals surface area contributed by atoms with E-state index < -0.39 is 10.0 Å². The Morgan fingerprint density at radius 2 is 1.93 bits per heavy atom. The topological polar surface area (TPSA) is 63.7 Å². The van der Waals surface area contributed by atoms with Crippen LogP contribution in [0.25, 0.3) is 0 Å². The molecule has 1 atom stereocenters. The number of carbonyl (C=O) groups is 1. The van der Waals surface area contributed by atoms with Gasteiger partial charge in [0, 0.05) is 11.6 Å². The van der Waals surface area contributed by atoms with Gasteiger partial charge in [-0.15, -0.1) is 0 Å². The molecule has 0 radical (unpaired) electrons. The molecule has 0 aromatic heterocycles. The van der Waals surface area contributed by atoms with Crippen LogP contribution in [-0.2, 0) is 19.6 Å². The van der Waals surface area contributed by atoms with Crippen molar-refractivity contribution in [3.05, 3.63) is 58.6 Å². The Kier molecular flexibility index (Phi) is 6.30. The van der Waals surface area contributed by atoms with Crippen LogP contribution in [0.4, 0.5) is 5.69 Å². The molecule has 1 aliphatic heterocycles. The molecule has 1 heterocycles. The molecule has 0 N–H and O–H groups in total. The van der Waals surface area contributed by atoms with Crippen molar-refractivity contribution in [1.82, 2.24) is 0 Å². The molecule has 150 valence electrons. The molecule has 0 saturated carbocycles. The zero-order valence-electron chi connectivity index (χ0n) is 16.0. The number of fused-ring (bicyclic) bond motifs is 1. The van der Waals surface area contributed by atoms with Crippen molar-refractivity contribution >= 4 is 33.3 Å². The summed E-state index contributed by atoms with van der Waals surface area (Å²) < 4.78 is 33.2. The lowest BCUT2D eigenvalue weighted by Gasteiger charge is -2.25. The molecule has 0 amide bonds. The zero-order valence-corrected chi connectivity index (χ0v) is 17.6. The van der Waals surface area contributed by atoms with Crippen molar-refractivity contribution in [2.24, 2.45) is 0 Å².